The number of hydrogen-bond acceptors (Lipinski definition) is 6. The molecule has 5 rings (SSSR count). The molecule has 4 N–H and O–H groups in total. The largest absolute Gasteiger partial charge is 0.573 e. The number of nitrogens with zero attached hydrogens (tertiary/aromatic N) is 1. The Bertz CT molecular complexity index is 1400. The molecule has 3 heterocycles. The molecule has 10 nitrogen and oxygen atoms in total. The Kier molecular flexibility index (Phi) is 8.14. The average Bonchev–Trinajstić information content (AvgIpc) is 3.69. The number of aromatic amines is 1. The van der Waals surface area contributed by atoms with Gasteiger partial charge in [-0.2, -0.15) is 0 Å². The van der Waals surface area contributed by atoms with Crippen LogP contribution in [0.2, 0.25) is 10.0 Å². The van der Waals surface area contributed by atoms with Crippen molar-refractivity contribution in [2.45, 2.75) is 50.6 Å². The molecule has 2 aromatic rings. The number of benzene rings is 1. The molecule has 0 spiro atoms. The van der Waals surface area contributed by atoms with Crippen LogP contribution in [0.25, 0.3) is 10.9 Å². The summed E-state index contributed by atoms with van der Waals surface area (Å²) in [6.07, 6.45) is -2.25. The molecule has 222 valence electrons. The normalized spacial score (nSPS) is 24.8. The summed E-state index contributed by atoms with van der Waals surface area (Å²) in [5, 5.41) is 14.4. The number of amides is 3. The fourth-order valence-corrected chi connectivity index (χ4v) is 6.72. The molecule has 3 fully saturated rings. The Morgan fingerprint density at radius 3 is 2.61 bits per heavy atom. The molecule has 2 saturated heterocycles. The van der Waals surface area contributed by atoms with Crippen LogP contribution in [0.5, 0.6) is 5.75 Å². The fraction of sp³-hybridized carbons (Fsp3) is 0.538. The third-order valence-electron chi connectivity index (χ3n) is 8.19. The summed E-state index contributed by atoms with van der Waals surface area (Å²) in [7, 11) is 0. The molecule has 41 heavy (non-hydrogen) atoms. The zero-order valence-corrected chi connectivity index (χ0v) is 23.0. The number of ketones is 1. The number of likely N-dealkylation sites (tertiary alicyclic amines) is 1. The van der Waals surface area contributed by atoms with E-state index < -0.39 is 54.3 Å². The number of carbonyl (C=O) groups is 4. The van der Waals surface area contributed by atoms with Crippen LogP contribution < -0.4 is 15.4 Å². The maximum Gasteiger partial charge on any atom is 0.573 e. The lowest BCUT2D eigenvalue weighted by atomic mass is 9.92. The van der Waals surface area contributed by atoms with Crippen LogP contribution in [0.15, 0.2) is 12.1 Å². The van der Waals surface area contributed by atoms with Gasteiger partial charge in [-0.1, -0.05) is 29.6 Å². The molecule has 0 radical (unpaired) electrons. The van der Waals surface area contributed by atoms with Crippen molar-refractivity contribution in [1.82, 2.24) is 20.5 Å². The first-order valence-electron chi connectivity index (χ1n) is 13.2. The molecular formula is C26H27Cl2F3N4O6. The molecule has 1 aromatic heterocycles. The van der Waals surface area contributed by atoms with Gasteiger partial charge in [0.15, 0.2) is 5.78 Å². The van der Waals surface area contributed by atoms with E-state index in [1.165, 1.54) is 11.0 Å². The van der Waals surface area contributed by atoms with Crippen LogP contribution in [-0.4, -0.2) is 76.6 Å². The van der Waals surface area contributed by atoms with E-state index in [0.717, 1.165) is 18.9 Å². The van der Waals surface area contributed by atoms with Crippen LogP contribution >= 0.6 is 23.2 Å². The maximum atomic E-state index is 13.8. The van der Waals surface area contributed by atoms with Crippen LogP contribution in [0.1, 0.15) is 42.6 Å². The summed E-state index contributed by atoms with van der Waals surface area (Å²) in [5.74, 6) is -3.50. The van der Waals surface area contributed by atoms with Gasteiger partial charge >= 0.3 is 6.36 Å². The zero-order chi connectivity index (χ0) is 29.6. The van der Waals surface area contributed by atoms with Crippen LogP contribution in [0.4, 0.5) is 13.2 Å². The quantitative estimate of drug-likeness (QED) is 0.358. The summed E-state index contributed by atoms with van der Waals surface area (Å²) in [6.45, 7) is -0.165. The number of halogens is 5. The summed E-state index contributed by atoms with van der Waals surface area (Å²) in [4.78, 5) is 56.1. The highest BCUT2D eigenvalue weighted by atomic mass is 35.5. The second-order valence-electron chi connectivity index (χ2n) is 10.6. The van der Waals surface area contributed by atoms with Gasteiger partial charge in [-0.15, -0.1) is 13.2 Å². The van der Waals surface area contributed by atoms with Crippen molar-refractivity contribution < 1.29 is 42.2 Å². The lowest BCUT2D eigenvalue weighted by molar-refractivity contribution is -0.274. The first-order chi connectivity index (χ1) is 19.4. The number of carbonyl (C=O) groups excluding carboxylic acids is 4. The Morgan fingerprint density at radius 2 is 1.95 bits per heavy atom. The number of Topliss-reactive ketones (excluding diaryl/α,β-unsaturated/α-hetero) is 1. The molecule has 15 heteroatoms. The number of aliphatic hydroxyl groups excluding tert-OH is 1. The van der Waals surface area contributed by atoms with E-state index in [0.29, 0.717) is 19.4 Å². The van der Waals surface area contributed by atoms with Crippen LogP contribution in [-0.2, 0) is 14.4 Å². The van der Waals surface area contributed by atoms with E-state index >= 15 is 0 Å². The molecule has 1 aliphatic carbocycles. The van der Waals surface area contributed by atoms with Gasteiger partial charge in [0.05, 0.1) is 21.6 Å². The summed E-state index contributed by atoms with van der Waals surface area (Å²) in [5.41, 5.74) is -0.162. The zero-order valence-electron chi connectivity index (χ0n) is 21.5. The lowest BCUT2D eigenvalue weighted by Crippen LogP contribution is -2.53. The molecular weight excluding hydrogens is 592 g/mol. The Morgan fingerprint density at radius 1 is 1.20 bits per heavy atom. The predicted octanol–water partition coefficient (Wildman–Crippen LogP) is 3.19. The average molecular weight is 619 g/mol. The topological polar surface area (TPSA) is 141 Å². The van der Waals surface area contributed by atoms with Gasteiger partial charge in [0.25, 0.3) is 5.91 Å². The smallest absolute Gasteiger partial charge is 0.405 e. The van der Waals surface area contributed by atoms with Gasteiger partial charge in [0.1, 0.15) is 24.1 Å². The maximum absolute atomic E-state index is 13.8. The molecule has 1 aromatic carbocycles. The van der Waals surface area contributed by atoms with Crippen molar-refractivity contribution in [2.75, 3.05) is 19.7 Å². The van der Waals surface area contributed by atoms with E-state index in [-0.39, 0.29) is 57.4 Å². The number of aromatic nitrogens is 1. The van der Waals surface area contributed by atoms with Gasteiger partial charge in [-0.3, -0.25) is 19.2 Å². The molecule has 5 unspecified atom stereocenters. The highest BCUT2D eigenvalue weighted by molar-refractivity contribution is 6.45. The van der Waals surface area contributed by atoms with Crippen molar-refractivity contribution in [3.8, 4) is 5.75 Å². The van der Waals surface area contributed by atoms with Crippen molar-refractivity contribution in [2.24, 2.45) is 17.8 Å². The Balaban J connectivity index is 1.44. The SMILES string of the molecule is O=C1NCCC1CC(NC(=O)C1C2CCCC2CN1C(=O)c1cc2c(OC(F)(F)F)cc(Cl)c(Cl)c2[nH]1)C(=O)CO. The van der Waals surface area contributed by atoms with Crippen molar-refractivity contribution in [1.29, 1.82) is 0 Å². The number of rotatable bonds is 8. The number of H-pyrrole nitrogens is 1. The number of aliphatic hydroxyl groups is 1. The number of alkyl halides is 3. The molecule has 3 amide bonds. The third-order valence-corrected chi connectivity index (χ3v) is 8.98. The van der Waals surface area contributed by atoms with E-state index in [9.17, 15) is 37.5 Å². The predicted molar refractivity (Wildman–Crippen MR) is 140 cm³/mol. The molecule has 5 atom stereocenters. The van der Waals surface area contributed by atoms with Gasteiger partial charge in [0.2, 0.25) is 11.8 Å². The molecule has 0 bridgehead atoms. The van der Waals surface area contributed by atoms with Gasteiger partial charge in [-0.05, 0) is 43.6 Å². The van der Waals surface area contributed by atoms with E-state index in [4.69, 9.17) is 23.2 Å². The lowest BCUT2D eigenvalue weighted by Gasteiger charge is -2.29. The minimum atomic E-state index is -5.02. The number of hydrogen-bond donors (Lipinski definition) is 4. The van der Waals surface area contributed by atoms with Crippen molar-refractivity contribution >= 4 is 57.6 Å². The van der Waals surface area contributed by atoms with Gasteiger partial charge < -0.3 is 30.4 Å². The van der Waals surface area contributed by atoms with Gasteiger partial charge in [0, 0.05) is 30.5 Å². The highest BCUT2D eigenvalue weighted by Gasteiger charge is 2.50. The highest BCUT2D eigenvalue weighted by Crippen LogP contribution is 2.44. The van der Waals surface area contributed by atoms with Crippen molar-refractivity contribution in [3.63, 3.8) is 0 Å². The van der Waals surface area contributed by atoms with E-state index in [1.54, 1.807) is 0 Å². The summed E-state index contributed by atoms with van der Waals surface area (Å²) >= 11 is 12.2. The second kappa shape index (κ2) is 11.3. The number of ether oxygens (including phenoxy) is 1. The van der Waals surface area contributed by atoms with Crippen LogP contribution in [0.3, 0.4) is 0 Å². The van der Waals surface area contributed by atoms with Gasteiger partial charge in [-0.25, -0.2) is 0 Å². The monoisotopic (exact) mass is 618 g/mol. The second-order valence-corrected chi connectivity index (χ2v) is 11.4. The first kappa shape index (κ1) is 29.5. The first-order valence-corrected chi connectivity index (χ1v) is 13.9. The Labute approximate surface area is 241 Å². The van der Waals surface area contributed by atoms with Crippen molar-refractivity contribution in [3.05, 3.63) is 27.9 Å². The molecule has 2 aliphatic heterocycles. The standard InChI is InChI=1S/C26H27Cl2F3N4O6/c27-15-8-19(41-26(29,30)31)14-7-17(33-21(14)20(15)28)25(40)35-9-12-2-1-3-13(12)22(35)24(39)34-16(18(37)10-36)6-11-4-5-32-23(11)38/h7-8,11-13,16,22,33,36H,1-6,9-10H2,(H,32,38)(H,34,39). The third kappa shape index (κ3) is 5.84. The summed E-state index contributed by atoms with van der Waals surface area (Å²) < 4.78 is 43.2. The van der Waals surface area contributed by atoms with E-state index in [2.05, 4.69) is 20.4 Å². The Hall–Kier alpha value is -3.03. The molecule has 1 saturated carbocycles. The minimum absolute atomic E-state index is 0.00818. The number of nitrogens with one attached hydrogen (secondary N) is 3. The van der Waals surface area contributed by atoms with Crippen LogP contribution in [0, 0.1) is 17.8 Å². The summed E-state index contributed by atoms with van der Waals surface area (Å²) in [6, 6.07) is -0.0326. The molecule has 3 aliphatic rings. The fourth-order valence-electron chi connectivity index (χ4n) is 6.32. The van der Waals surface area contributed by atoms with E-state index in [1.807, 2.05) is 0 Å². The minimum Gasteiger partial charge on any atom is -0.405 e. The number of fused-ring (bicyclic) bond motifs is 2.